The maximum absolute atomic E-state index is 12.8. The number of hydrogen-bond donors (Lipinski definition) is 2. The molecule has 0 saturated heterocycles. The zero-order chi connectivity index (χ0) is 63.0. The molecule has 10 heteroatoms. The first-order valence-corrected chi connectivity index (χ1v) is 35.8. The van der Waals surface area contributed by atoms with E-state index in [1.165, 1.54) is 70.6 Å². The zero-order valence-corrected chi connectivity index (χ0v) is 55.8. The summed E-state index contributed by atoms with van der Waals surface area (Å²) in [5.74, 6) is -0.850. The number of phosphoric ester groups is 1. The van der Waals surface area contributed by atoms with Crippen LogP contribution in [0.15, 0.2) is 182 Å². The van der Waals surface area contributed by atoms with Crippen molar-refractivity contribution in [2.75, 3.05) is 26.4 Å². The molecule has 0 radical (unpaired) electrons. The number of rotatable bonds is 62. The van der Waals surface area contributed by atoms with Crippen LogP contribution >= 0.6 is 7.82 Å². The van der Waals surface area contributed by atoms with Gasteiger partial charge in [-0.05, 0) is 135 Å². The van der Waals surface area contributed by atoms with Crippen LogP contribution < -0.4 is 5.73 Å². The summed E-state index contributed by atoms with van der Waals surface area (Å²) in [7, 11) is -4.41. The van der Waals surface area contributed by atoms with Crippen molar-refractivity contribution in [1.82, 2.24) is 0 Å². The van der Waals surface area contributed by atoms with Crippen molar-refractivity contribution in [3.63, 3.8) is 0 Å². The molecule has 490 valence electrons. The van der Waals surface area contributed by atoms with Gasteiger partial charge in [-0.15, -0.1) is 0 Å². The van der Waals surface area contributed by atoms with E-state index in [4.69, 9.17) is 24.3 Å². The number of carbonyl (C=O) groups excluding carboxylic acids is 2. The Hall–Kier alpha value is -4.89. The molecule has 0 aliphatic heterocycles. The Morgan fingerprint density at radius 3 is 0.885 bits per heavy atom. The SMILES string of the molecule is CC/C=C\C/C=C\C/C=C\C/C=C\C/C=C\C/C=C\C/C=C\C/C=C\C/C=C\CCCCCCCCCCCC(=O)OC(COC(=O)CCCCCCCCCCCC/C=C\C/C=C\C/C=C\C/C=C\C/C=C\C/C=C\CC)COP(=O)(O)OCCN. The van der Waals surface area contributed by atoms with Gasteiger partial charge in [0.05, 0.1) is 13.2 Å². The van der Waals surface area contributed by atoms with E-state index in [-0.39, 0.29) is 32.6 Å². The van der Waals surface area contributed by atoms with Gasteiger partial charge in [-0.1, -0.05) is 292 Å². The van der Waals surface area contributed by atoms with Gasteiger partial charge in [-0.3, -0.25) is 18.6 Å². The largest absolute Gasteiger partial charge is 0.472 e. The fraction of sp³-hybridized carbons (Fsp3) is 0.584. The highest BCUT2D eigenvalue weighted by Crippen LogP contribution is 2.43. The number of esters is 2. The summed E-state index contributed by atoms with van der Waals surface area (Å²) in [4.78, 5) is 35.4. The number of phosphoric acid groups is 1. The van der Waals surface area contributed by atoms with E-state index in [2.05, 4.69) is 196 Å². The third-order valence-electron chi connectivity index (χ3n) is 13.8. The molecular weight excluding hydrogens is 1100 g/mol. The van der Waals surface area contributed by atoms with Gasteiger partial charge in [0.1, 0.15) is 6.61 Å². The van der Waals surface area contributed by atoms with Crippen LogP contribution in [0.25, 0.3) is 0 Å². The molecule has 0 aromatic rings. The molecule has 0 aliphatic rings. The predicted octanol–water partition coefficient (Wildman–Crippen LogP) is 22.7. The summed E-state index contributed by atoms with van der Waals surface area (Å²) in [6.07, 6.45) is 105. The van der Waals surface area contributed by atoms with Gasteiger partial charge in [0.25, 0.3) is 0 Å². The Morgan fingerprint density at radius 2 is 0.598 bits per heavy atom. The van der Waals surface area contributed by atoms with Gasteiger partial charge in [0.15, 0.2) is 6.10 Å². The van der Waals surface area contributed by atoms with Crippen LogP contribution in [0.4, 0.5) is 0 Å². The van der Waals surface area contributed by atoms with Crippen LogP contribution in [-0.4, -0.2) is 49.3 Å². The molecule has 0 saturated carbocycles. The maximum atomic E-state index is 12.8. The van der Waals surface area contributed by atoms with Crippen molar-refractivity contribution in [2.45, 2.75) is 264 Å². The molecule has 0 bridgehead atoms. The quantitative estimate of drug-likeness (QED) is 0.0264. The third-order valence-corrected chi connectivity index (χ3v) is 14.8. The Morgan fingerprint density at radius 1 is 0.345 bits per heavy atom. The van der Waals surface area contributed by atoms with Gasteiger partial charge in [-0.2, -0.15) is 0 Å². The monoisotopic (exact) mass is 1220 g/mol. The average Bonchev–Trinajstić information content (AvgIpc) is 3.65. The van der Waals surface area contributed by atoms with Gasteiger partial charge < -0.3 is 20.1 Å². The van der Waals surface area contributed by atoms with Gasteiger partial charge in [0.2, 0.25) is 0 Å². The molecule has 0 aromatic heterocycles. The minimum Gasteiger partial charge on any atom is -0.462 e. The van der Waals surface area contributed by atoms with Crippen LogP contribution in [-0.2, 0) is 32.7 Å². The lowest BCUT2D eigenvalue weighted by Crippen LogP contribution is -2.29. The van der Waals surface area contributed by atoms with Crippen LogP contribution in [0.2, 0.25) is 0 Å². The molecule has 0 heterocycles. The van der Waals surface area contributed by atoms with E-state index in [1.54, 1.807) is 0 Å². The number of unbranched alkanes of at least 4 members (excludes halogenated alkanes) is 19. The van der Waals surface area contributed by atoms with E-state index in [0.29, 0.717) is 6.42 Å². The summed E-state index contributed by atoms with van der Waals surface area (Å²) >= 11 is 0. The van der Waals surface area contributed by atoms with E-state index >= 15 is 0 Å². The Balaban J connectivity index is 4.00. The molecule has 2 atom stereocenters. The molecule has 0 aliphatic carbocycles. The van der Waals surface area contributed by atoms with Gasteiger partial charge in [0, 0.05) is 19.4 Å². The summed E-state index contributed by atoms with van der Waals surface area (Å²) < 4.78 is 33.2. The Bertz CT molecular complexity index is 2080. The van der Waals surface area contributed by atoms with Crippen LogP contribution in [0.3, 0.4) is 0 Å². The molecule has 87 heavy (non-hydrogen) atoms. The molecule has 0 rings (SSSR count). The van der Waals surface area contributed by atoms with E-state index in [9.17, 15) is 19.0 Å². The van der Waals surface area contributed by atoms with Crippen molar-refractivity contribution in [3.8, 4) is 0 Å². The first kappa shape index (κ1) is 82.1. The van der Waals surface area contributed by atoms with E-state index in [0.717, 1.165) is 154 Å². The number of hydrogen-bond acceptors (Lipinski definition) is 8. The highest BCUT2D eigenvalue weighted by molar-refractivity contribution is 7.47. The normalized spacial score (nSPS) is 14.1. The second-order valence-electron chi connectivity index (χ2n) is 21.9. The molecule has 0 amide bonds. The fourth-order valence-corrected chi connectivity index (χ4v) is 9.57. The molecular formula is C77H124NO8P. The number of allylic oxidation sites excluding steroid dienone is 30. The first-order chi connectivity index (χ1) is 42.8. The van der Waals surface area contributed by atoms with Crippen molar-refractivity contribution in [3.05, 3.63) is 182 Å². The summed E-state index contributed by atoms with van der Waals surface area (Å²) in [6, 6.07) is 0. The van der Waals surface area contributed by atoms with Crippen molar-refractivity contribution >= 4 is 19.8 Å². The Kier molecular flexibility index (Phi) is 66.3. The Labute approximate surface area is 533 Å². The van der Waals surface area contributed by atoms with Crippen LogP contribution in [0.1, 0.15) is 258 Å². The van der Waals surface area contributed by atoms with Crippen LogP contribution in [0.5, 0.6) is 0 Å². The molecule has 0 aromatic carbocycles. The fourth-order valence-electron chi connectivity index (χ4n) is 8.81. The van der Waals surface area contributed by atoms with Crippen molar-refractivity contribution in [2.24, 2.45) is 5.73 Å². The number of carbonyl (C=O) groups is 2. The third kappa shape index (κ3) is 70.1. The van der Waals surface area contributed by atoms with Crippen LogP contribution in [0, 0.1) is 0 Å². The standard InChI is InChI=1S/C77H124NO8P/c1-3-5-7-9-11-13-15-17-19-21-23-25-27-29-31-33-34-35-36-37-38-39-40-42-44-46-48-50-52-54-56-58-60-62-64-66-68-70-77(80)86-75(74-85-87(81,82)84-72-71-78)73-83-76(79)69-67-65-63-61-59-57-55-53-51-49-47-45-43-41-32-30-28-26-24-22-20-18-16-14-12-10-8-6-4-2/h5-8,11-14,17-20,23-26,29-32,34-35,37-38,40,42-43,45-46,48,75H,3-4,9-10,15-16,21-22,27-28,33,36,39,41,44,47,49-74,78H2,1-2H3,(H,81,82)/b7-5-,8-6-,13-11-,14-12-,19-17-,20-18-,25-23-,26-24-,31-29-,32-30-,35-34-,38-37-,42-40-,45-43-,48-46-. The predicted molar refractivity (Wildman–Crippen MR) is 376 cm³/mol. The maximum Gasteiger partial charge on any atom is 0.472 e. The minimum absolute atomic E-state index is 0.0426. The minimum atomic E-state index is -4.41. The summed E-state index contributed by atoms with van der Waals surface area (Å²) in [5, 5.41) is 0. The topological polar surface area (TPSA) is 134 Å². The molecule has 0 spiro atoms. The first-order valence-electron chi connectivity index (χ1n) is 34.3. The molecule has 0 fully saturated rings. The van der Waals surface area contributed by atoms with Gasteiger partial charge in [-0.25, -0.2) is 4.57 Å². The lowest BCUT2D eigenvalue weighted by Gasteiger charge is -2.19. The van der Waals surface area contributed by atoms with E-state index < -0.39 is 32.5 Å². The zero-order valence-electron chi connectivity index (χ0n) is 54.9. The van der Waals surface area contributed by atoms with Crippen molar-refractivity contribution < 1.29 is 37.6 Å². The lowest BCUT2D eigenvalue weighted by atomic mass is 10.1. The second kappa shape index (κ2) is 70.2. The van der Waals surface area contributed by atoms with E-state index in [1.807, 2.05) is 0 Å². The number of ether oxygens (including phenoxy) is 2. The van der Waals surface area contributed by atoms with Gasteiger partial charge >= 0.3 is 19.8 Å². The lowest BCUT2D eigenvalue weighted by molar-refractivity contribution is -0.161. The smallest absolute Gasteiger partial charge is 0.462 e. The average molecular weight is 1220 g/mol. The van der Waals surface area contributed by atoms with Crippen molar-refractivity contribution in [1.29, 1.82) is 0 Å². The number of nitrogens with two attached hydrogens (primary N) is 1. The summed E-state index contributed by atoms with van der Waals surface area (Å²) in [5.41, 5.74) is 5.40. The highest BCUT2D eigenvalue weighted by atomic mass is 31.2. The highest BCUT2D eigenvalue weighted by Gasteiger charge is 2.26. The second-order valence-corrected chi connectivity index (χ2v) is 23.4. The summed E-state index contributed by atoms with van der Waals surface area (Å²) in [6.45, 7) is 3.49. The molecule has 2 unspecified atom stereocenters. The molecule has 9 nitrogen and oxygen atoms in total. The molecule has 3 N–H and O–H groups in total.